The number of anilines is 1. The second-order valence-electron chi connectivity index (χ2n) is 6.98. The van der Waals surface area contributed by atoms with Crippen molar-refractivity contribution in [1.82, 2.24) is 19.9 Å². The van der Waals surface area contributed by atoms with Crippen LogP contribution in [0.1, 0.15) is 31.5 Å². The number of aromatic amines is 1. The number of aryl methyl sites for hydroxylation is 2. The molecule has 0 aliphatic heterocycles. The van der Waals surface area contributed by atoms with Crippen molar-refractivity contribution in [2.45, 2.75) is 44.8 Å². The van der Waals surface area contributed by atoms with Crippen molar-refractivity contribution in [1.29, 1.82) is 0 Å². The number of aliphatic hydroxyl groups is 1. The number of thioether (sulfide) groups is 1. The normalized spacial score (nSPS) is 13.6. The van der Waals surface area contributed by atoms with Gasteiger partial charge in [-0.05, 0) is 44.2 Å². The van der Waals surface area contributed by atoms with Gasteiger partial charge in [0.05, 0.1) is 0 Å². The molecule has 28 heavy (non-hydrogen) atoms. The Morgan fingerprint density at radius 2 is 2.18 bits per heavy atom. The number of thiazole rings is 1. The first kappa shape index (κ1) is 20.8. The average molecular weight is 420 g/mol. The van der Waals surface area contributed by atoms with Gasteiger partial charge in [0, 0.05) is 30.3 Å². The molecule has 0 bridgehead atoms. The zero-order valence-electron chi connectivity index (χ0n) is 16.2. The molecule has 3 N–H and O–H groups in total. The molecule has 2 atom stereocenters. The minimum absolute atomic E-state index is 0.117. The smallest absolute Gasteiger partial charge is 0.306 e. The summed E-state index contributed by atoms with van der Waals surface area (Å²) in [6.07, 6.45) is 3.44. The van der Waals surface area contributed by atoms with E-state index < -0.39 is 0 Å². The number of nitrogens with one attached hydrogen (secondary N) is 2. The van der Waals surface area contributed by atoms with E-state index in [9.17, 15) is 9.90 Å². The number of fused-ring (bicyclic) bond motifs is 1. The summed E-state index contributed by atoms with van der Waals surface area (Å²) < 4.78 is 0.735. The molecule has 3 rings (SSSR count). The summed E-state index contributed by atoms with van der Waals surface area (Å²) in [6.45, 7) is 6.26. The van der Waals surface area contributed by atoms with Crippen LogP contribution in [0.15, 0.2) is 28.3 Å². The van der Waals surface area contributed by atoms with E-state index in [1.807, 2.05) is 26.1 Å². The molecule has 0 saturated carbocycles. The summed E-state index contributed by atoms with van der Waals surface area (Å²) in [4.78, 5) is 28.0. The highest BCUT2D eigenvalue weighted by Gasteiger charge is 2.15. The molecule has 3 aromatic rings. The molecule has 0 radical (unpaired) electrons. The second kappa shape index (κ2) is 9.49. The zero-order valence-corrected chi connectivity index (χ0v) is 17.9. The molecule has 0 aliphatic rings. The summed E-state index contributed by atoms with van der Waals surface area (Å²) in [6, 6.07) is 4.11. The molecule has 0 aromatic carbocycles. The maximum Gasteiger partial charge on any atom is 0.306 e. The van der Waals surface area contributed by atoms with Crippen LogP contribution in [-0.4, -0.2) is 43.4 Å². The van der Waals surface area contributed by atoms with E-state index in [-0.39, 0.29) is 23.4 Å². The number of aromatic nitrogens is 4. The third-order valence-electron chi connectivity index (χ3n) is 4.40. The molecule has 150 valence electrons. The van der Waals surface area contributed by atoms with Gasteiger partial charge in [0.25, 0.3) is 0 Å². The largest absolute Gasteiger partial charge is 0.396 e. The van der Waals surface area contributed by atoms with Crippen molar-refractivity contribution < 1.29 is 5.11 Å². The Bertz CT molecular complexity index is 988. The van der Waals surface area contributed by atoms with Crippen LogP contribution in [0.5, 0.6) is 0 Å². The van der Waals surface area contributed by atoms with Crippen LogP contribution in [0.4, 0.5) is 5.82 Å². The molecule has 3 heterocycles. The lowest BCUT2D eigenvalue weighted by Gasteiger charge is -2.18. The molecule has 0 aliphatic carbocycles. The van der Waals surface area contributed by atoms with E-state index in [4.69, 9.17) is 0 Å². The van der Waals surface area contributed by atoms with E-state index >= 15 is 0 Å². The highest BCUT2D eigenvalue weighted by molar-refractivity contribution is 7.99. The molecule has 0 fully saturated rings. The molecular formula is C19H25N5O2S2. The third kappa shape index (κ3) is 5.30. The minimum Gasteiger partial charge on any atom is -0.396 e. The van der Waals surface area contributed by atoms with Gasteiger partial charge in [-0.1, -0.05) is 36.1 Å². The topological polar surface area (TPSA) is 104 Å². The van der Waals surface area contributed by atoms with Crippen molar-refractivity contribution in [2.75, 3.05) is 17.7 Å². The number of pyridine rings is 1. The van der Waals surface area contributed by atoms with Gasteiger partial charge in [-0.25, -0.2) is 9.97 Å². The van der Waals surface area contributed by atoms with Gasteiger partial charge >= 0.3 is 4.87 Å². The Morgan fingerprint density at radius 3 is 2.93 bits per heavy atom. The molecule has 0 spiro atoms. The quantitative estimate of drug-likeness (QED) is 0.361. The predicted molar refractivity (Wildman–Crippen MR) is 115 cm³/mol. The molecule has 9 heteroatoms. The van der Waals surface area contributed by atoms with Crippen molar-refractivity contribution >= 4 is 39.3 Å². The van der Waals surface area contributed by atoms with E-state index in [1.54, 1.807) is 11.8 Å². The molecule has 1 unspecified atom stereocenters. The fraction of sp³-hybridized carbons (Fsp3) is 0.474. The SMILES string of the molecule is Cc1cccnc1CCSc1nc(NC(C)C[C@@H](C)CO)c2sc(=O)[nH]c2n1. The molecule has 0 saturated heterocycles. The molecule has 3 aromatic heterocycles. The Hall–Kier alpha value is -1.97. The Balaban J connectivity index is 1.75. The highest BCUT2D eigenvalue weighted by Crippen LogP contribution is 2.27. The molecule has 0 amide bonds. The first-order chi connectivity index (χ1) is 13.5. The summed E-state index contributed by atoms with van der Waals surface area (Å²) in [5.41, 5.74) is 2.81. The average Bonchev–Trinajstić information content (AvgIpc) is 3.03. The van der Waals surface area contributed by atoms with Crippen LogP contribution < -0.4 is 10.2 Å². The van der Waals surface area contributed by atoms with Gasteiger partial charge in [-0.15, -0.1) is 0 Å². The lowest BCUT2D eigenvalue weighted by Crippen LogP contribution is -2.20. The van der Waals surface area contributed by atoms with Gasteiger partial charge in [-0.2, -0.15) is 0 Å². The standard InChI is InChI=1S/C19H25N5O2S2/c1-11(10-25)9-13(3)21-16-15-17(24-19(26)28-15)23-18(22-16)27-8-6-14-12(2)5-4-7-20-14/h4-5,7,11,13,25H,6,8-10H2,1-3H3,(H2,21,22,23,24,26)/t11-,13?/m1/s1. The maximum atomic E-state index is 11.8. The van der Waals surface area contributed by atoms with Crippen LogP contribution >= 0.6 is 23.1 Å². The molecular weight excluding hydrogens is 394 g/mol. The number of nitrogens with zero attached hydrogens (tertiary/aromatic N) is 3. The monoisotopic (exact) mass is 419 g/mol. The van der Waals surface area contributed by atoms with Crippen molar-refractivity contribution in [2.24, 2.45) is 5.92 Å². The first-order valence-corrected chi connectivity index (χ1v) is 11.1. The molecule has 7 nitrogen and oxygen atoms in total. The van der Waals surface area contributed by atoms with Crippen LogP contribution in [-0.2, 0) is 6.42 Å². The zero-order chi connectivity index (χ0) is 20.1. The van der Waals surface area contributed by atoms with Crippen LogP contribution in [0.3, 0.4) is 0 Å². The second-order valence-corrected chi connectivity index (χ2v) is 9.03. The summed E-state index contributed by atoms with van der Waals surface area (Å²) >= 11 is 2.66. The van der Waals surface area contributed by atoms with Crippen molar-refractivity contribution in [3.8, 4) is 0 Å². The first-order valence-electron chi connectivity index (χ1n) is 9.27. The lowest BCUT2D eigenvalue weighted by atomic mass is 10.0. The summed E-state index contributed by atoms with van der Waals surface area (Å²) in [7, 11) is 0. The Kier molecular flexibility index (Phi) is 7.03. The number of rotatable bonds is 9. The van der Waals surface area contributed by atoms with E-state index in [0.29, 0.717) is 16.6 Å². The summed E-state index contributed by atoms with van der Waals surface area (Å²) in [5.74, 6) is 1.66. The number of hydrogen-bond donors (Lipinski definition) is 3. The fourth-order valence-electron chi connectivity index (χ4n) is 2.98. The number of hydrogen-bond acceptors (Lipinski definition) is 8. The van der Waals surface area contributed by atoms with Gasteiger partial charge in [0.15, 0.2) is 16.6 Å². The predicted octanol–water partition coefficient (Wildman–Crippen LogP) is 3.24. The van der Waals surface area contributed by atoms with Gasteiger partial charge in [-0.3, -0.25) is 14.8 Å². The highest BCUT2D eigenvalue weighted by atomic mass is 32.2. The Labute approximate surface area is 172 Å². The fourth-order valence-corrected chi connectivity index (χ4v) is 4.50. The number of aliphatic hydroxyl groups excluding tert-OH is 1. The number of H-pyrrole nitrogens is 1. The van der Waals surface area contributed by atoms with E-state index in [0.717, 1.165) is 40.3 Å². The van der Waals surface area contributed by atoms with Gasteiger partial charge in [0.1, 0.15) is 4.70 Å². The van der Waals surface area contributed by atoms with Gasteiger partial charge in [0.2, 0.25) is 0 Å². The van der Waals surface area contributed by atoms with Crippen LogP contribution in [0.25, 0.3) is 10.3 Å². The Morgan fingerprint density at radius 1 is 1.36 bits per heavy atom. The maximum absolute atomic E-state index is 11.8. The van der Waals surface area contributed by atoms with E-state index in [1.165, 1.54) is 5.56 Å². The van der Waals surface area contributed by atoms with Crippen molar-refractivity contribution in [3.63, 3.8) is 0 Å². The minimum atomic E-state index is -0.144. The van der Waals surface area contributed by atoms with Gasteiger partial charge < -0.3 is 10.4 Å². The third-order valence-corrected chi connectivity index (χ3v) is 6.13. The summed E-state index contributed by atoms with van der Waals surface area (Å²) in [5, 5.41) is 13.3. The van der Waals surface area contributed by atoms with E-state index in [2.05, 4.69) is 38.2 Å². The van der Waals surface area contributed by atoms with Crippen LogP contribution in [0.2, 0.25) is 0 Å². The lowest BCUT2D eigenvalue weighted by molar-refractivity contribution is 0.226. The van der Waals surface area contributed by atoms with Crippen molar-refractivity contribution in [3.05, 3.63) is 39.3 Å². The van der Waals surface area contributed by atoms with Crippen LogP contribution in [0, 0.1) is 12.8 Å².